The summed E-state index contributed by atoms with van der Waals surface area (Å²) < 4.78 is 0. The lowest BCUT2D eigenvalue weighted by Crippen LogP contribution is -2.38. The summed E-state index contributed by atoms with van der Waals surface area (Å²) in [6.07, 6.45) is 2.47. The van der Waals surface area contributed by atoms with Gasteiger partial charge in [0.15, 0.2) is 0 Å². The van der Waals surface area contributed by atoms with Crippen molar-refractivity contribution >= 4 is 17.5 Å². The van der Waals surface area contributed by atoms with Gasteiger partial charge in [-0.2, -0.15) is 0 Å². The van der Waals surface area contributed by atoms with Crippen molar-refractivity contribution in [1.82, 2.24) is 9.88 Å². The third-order valence-corrected chi connectivity index (χ3v) is 2.92. The van der Waals surface area contributed by atoms with Crippen molar-refractivity contribution in [2.75, 3.05) is 6.54 Å². The lowest BCUT2D eigenvalue weighted by Gasteiger charge is -2.27. The number of nitrogens with zero attached hydrogens (tertiary/aromatic N) is 2. The molecule has 1 aromatic rings. The second-order valence-corrected chi connectivity index (χ2v) is 4.11. The highest BCUT2D eigenvalue weighted by Gasteiger charge is 2.18. The molecule has 1 aromatic heterocycles. The molecule has 0 N–H and O–H groups in total. The number of aromatic nitrogens is 1. The molecular weight excluding hydrogens is 224 g/mol. The van der Waals surface area contributed by atoms with Crippen LogP contribution in [-0.2, 0) is 0 Å². The molecule has 16 heavy (non-hydrogen) atoms. The second kappa shape index (κ2) is 5.85. The molecule has 0 saturated heterocycles. The number of carbonyl (C=O) groups is 1. The van der Waals surface area contributed by atoms with Crippen LogP contribution in [0.1, 0.15) is 37.6 Å². The fraction of sp³-hybridized carbons (Fsp3) is 0.500. The zero-order valence-corrected chi connectivity index (χ0v) is 10.7. The van der Waals surface area contributed by atoms with Crippen LogP contribution < -0.4 is 0 Å². The van der Waals surface area contributed by atoms with Crippen LogP contribution in [0.15, 0.2) is 18.3 Å². The van der Waals surface area contributed by atoms with Crippen LogP contribution in [0.4, 0.5) is 0 Å². The third kappa shape index (κ3) is 2.95. The van der Waals surface area contributed by atoms with Crippen LogP contribution >= 0.6 is 11.6 Å². The summed E-state index contributed by atoms with van der Waals surface area (Å²) in [7, 11) is 0. The van der Waals surface area contributed by atoms with Gasteiger partial charge in [-0.3, -0.25) is 4.79 Å². The van der Waals surface area contributed by atoms with E-state index in [1.165, 1.54) is 6.20 Å². The molecule has 0 aromatic carbocycles. The largest absolute Gasteiger partial charge is 0.336 e. The van der Waals surface area contributed by atoms with E-state index in [9.17, 15) is 4.79 Å². The summed E-state index contributed by atoms with van der Waals surface area (Å²) in [4.78, 5) is 17.9. The number of hydrogen-bond donors (Lipinski definition) is 0. The van der Waals surface area contributed by atoms with Crippen molar-refractivity contribution in [2.24, 2.45) is 0 Å². The Balaban J connectivity index is 2.87. The minimum Gasteiger partial charge on any atom is -0.336 e. The Morgan fingerprint density at radius 3 is 2.62 bits per heavy atom. The highest BCUT2D eigenvalue weighted by atomic mass is 35.5. The van der Waals surface area contributed by atoms with Gasteiger partial charge in [-0.1, -0.05) is 18.5 Å². The van der Waals surface area contributed by atoms with Gasteiger partial charge < -0.3 is 4.90 Å². The summed E-state index contributed by atoms with van der Waals surface area (Å²) in [5.41, 5.74) is 0.589. The quantitative estimate of drug-likeness (QED) is 0.758. The standard InChI is InChI=1S/C12H17ClN2O/c1-4-9(3)15(5-2)12(16)10-6-7-11(13)14-8-10/h6-9H,4-5H2,1-3H3. The van der Waals surface area contributed by atoms with Crippen molar-refractivity contribution in [3.8, 4) is 0 Å². The zero-order valence-electron chi connectivity index (χ0n) is 9.90. The van der Waals surface area contributed by atoms with Crippen molar-refractivity contribution < 1.29 is 4.79 Å². The molecule has 0 fully saturated rings. The lowest BCUT2D eigenvalue weighted by atomic mass is 10.1. The van der Waals surface area contributed by atoms with Gasteiger partial charge >= 0.3 is 0 Å². The van der Waals surface area contributed by atoms with E-state index in [4.69, 9.17) is 11.6 Å². The SMILES string of the molecule is CCC(C)N(CC)C(=O)c1ccc(Cl)nc1. The molecule has 0 saturated carbocycles. The number of rotatable bonds is 4. The Morgan fingerprint density at radius 2 is 2.19 bits per heavy atom. The highest BCUT2D eigenvalue weighted by molar-refractivity contribution is 6.29. The predicted octanol–water partition coefficient (Wildman–Crippen LogP) is 3.00. The minimum absolute atomic E-state index is 0.0148. The van der Waals surface area contributed by atoms with E-state index in [0.29, 0.717) is 17.3 Å². The average Bonchev–Trinajstić information content (AvgIpc) is 2.30. The molecule has 0 aliphatic rings. The molecule has 0 aliphatic heterocycles. The van der Waals surface area contributed by atoms with Gasteiger partial charge in [-0.15, -0.1) is 0 Å². The maximum absolute atomic E-state index is 12.1. The zero-order chi connectivity index (χ0) is 12.1. The first-order chi connectivity index (χ1) is 7.60. The molecule has 4 heteroatoms. The van der Waals surface area contributed by atoms with Gasteiger partial charge in [0.25, 0.3) is 5.91 Å². The molecule has 1 unspecified atom stereocenters. The van der Waals surface area contributed by atoms with Crippen LogP contribution in [0.5, 0.6) is 0 Å². The average molecular weight is 241 g/mol. The van der Waals surface area contributed by atoms with Crippen molar-refractivity contribution in [2.45, 2.75) is 33.2 Å². The van der Waals surface area contributed by atoms with Crippen LogP contribution in [-0.4, -0.2) is 28.4 Å². The van der Waals surface area contributed by atoms with E-state index in [0.717, 1.165) is 6.42 Å². The molecule has 0 spiro atoms. The number of hydrogen-bond acceptors (Lipinski definition) is 2. The molecule has 1 heterocycles. The molecule has 0 radical (unpaired) electrons. The normalized spacial score (nSPS) is 12.2. The first-order valence-corrected chi connectivity index (χ1v) is 5.90. The summed E-state index contributed by atoms with van der Waals surface area (Å²) in [5, 5.41) is 0.406. The molecule has 3 nitrogen and oxygen atoms in total. The van der Waals surface area contributed by atoms with E-state index in [1.807, 2.05) is 18.7 Å². The highest BCUT2D eigenvalue weighted by Crippen LogP contribution is 2.11. The minimum atomic E-state index is 0.0148. The summed E-state index contributed by atoms with van der Waals surface area (Å²) in [6.45, 7) is 6.80. The Bertz CT molecular complexity index is 351. The van der Waals surface area contributed by atoms with Crippen molar-refractivity contribution in [1.29, 1.82) is 0 Å². The van der Waals surface area contributed by atoms with E-state index < -0.39 is 0 Å². The molecule has 0 aliphatic carbocycles. The maximum Gasteiger partial charge on any atom is 0.255 e. The summed E-state index contributed by atoms with van der Waals surface area (Å²) >= 11 is 5.68. The lowest BCUT2D eigenvalue weighted by molar-refractivity contribution is 0.0699. The first-order valence-electron chi connectivity index (χ1n) is 5.52. The molecule has 88 valence electrons. The predicted molar refractivity (Wildman–Crippen MR) is 65.7 cm³/mol. The van der Waals surface area contributed by atoms with Crippen LogP contribution in [0.2, 0.25) is 5.15 Å². The fourth-order valence-corrected chi connectivity index (χ4v) is 1.66. The smallest absolute Gasteiger partial charge is 0.255 e. The summed E-state index contributed by atoms with van der Waals surface area (Å²) in [5.74, 6) is 0.0148. The van der Waals surface area contributed by atoms with Gasteiger partial charge in [0.05, 0.1) is 5.56 Å². The first kappa shape index (κ1) is 13.0. The molecular formula is C12H17ClN2O. The van der Waals surface area contributed by atoms with Crippen LogP contribution in [0.25, 0.3) is 0 Å². The molecule has 1 rings (SSSR count). The Labute approximate surface area is 101 Å². The van der Waals surface area contributed by atoms with E-state index in [1.54, 1.807) is 12.1 Å². The summed E-state index contributed by atoms with van der Waals surface area (Å²) in [6, 6.07) is 3.59. The second-order valence-electron chi connectivity index (χ2n) is 3.72. The van der Waals surface area contributed by atoms with Gasteiger partial charge in [0, 0.05) is 18.8 Å². The van der Waals surface area contributed by atoms with E-state index >= 15 is 0 Å². The van der Waals surface area contributed by atoms with Crippen LogP contribution in [0.3, 0.4) is 0 Å². The van der Waals surface area contributed by atoms with Gasteiger partial charge in [-0.25, -0.2) is 4.98 Å². The molecule has 1 atom stereocenters. The fourth-order valence-electron chi connectivity index (χ4n) is 1.54. The van der Waals surface area contributed by atoms with E-state index in [2.05, 4.69) is 11.9 Å². The monoisotopic (exact) mass is 240 g/mol. The number of carbonyl (C=O) groups excluding carboxylic acids is 1. The topological polar surface area (TPSA) is 33.2 Å². The van der Waals surface area contributed by atoms with Crippen molar-refractivity contribution in [3.05, 3.63) is 29.0 Å². The van der Waals surface area contributed by atoms with Gasteiger partial charge in [0.1, 0.15) is 5.15 Å². The number of pyridine rings is 1. The molecule has 1 amide bonds. The Hall–Kier alpha value is -1.09. The van der Waals surface area contributed by atoms with Crippen molar-refractivity contribution in [3.63, 3.8) is 0 Å². The maximum atomic E-state index is 12.1. The number of amides is 1. The Morgan fingerprint density at radius 1 is 1.50 bits per heavy atom. The third-order valence-electron chi connectivity index (χ3n) is 2.70. The van der Waals surface area contributed by atoms with Gasteiger partial charge in [-0.05, 0) is 32.4 Å². The van der Waals surface area contributed by atoms with E-state index in [-0.39, 0.29) is 11.9 Å². The number of halogens is 1. The molecule has 0 bridgehead atoms. The van der Waals surface area contributed by atoms with Gasteiger partial charge in [0.2, 0.25) is 0 Å². The van der Waals surface area contributed by atoms with Crippen LogP contribution in [0, 0.1) is 0 Å². The Kier molecular flexibility index (Phi) is 4.74.